The summed E-state index contributed by atoms with van der Waals surface area (Å²) in [5, 5.41) is 3.07. The SMILES string of the molecule is CC(C(=O)NC1CC1)N1CCN(C(=O)CCc2ccc(-c3ccccc3)o2)CC1. The molecule has 1 aromatic heterocycles. The van der Waals surface area contributed by atoms with Crippen molar-refractivity contribution in [2.45, 2.75) is 44.7 Å². The average Bonchev–Trinajstić information content (AvgIpc) is 3.45. The minimum Gasteiger partial charge on any atom is -0.461 e. The van der Waals surface area contributed by atoms with Gasteiger partial charge in [0.25, 0.3) is 0 Å². The van der Waals surface area contributed by atoms with Crippen molar-refractivity contribution in [3.05, 3.63) is 48.2 Å². The molecule has 2 aromatic rings. The Kier molecular flexibility index (Phi) is 6.00. The van der Waals surface area contributed by atoms with Crippen LogP contribution in [0.3, 0.4) is 0 Å². The molecule has 2 fully saturated rings. The Morgan fingerprint density at radius 3 is 2.48 bits per heavy atom. The minimum absolute atomic E-state index is 0.110. The molecule has 2 amide bonds. The van der Waals surface area contributed by atoms with Crippen LogP contribution in [0.4, 0.5) is 0 Å². The number of nitrogens with one attached hydrogen (secondary N) is 1. The second-order valence-electron chi connectivity index (χ2n) is 8.01. The Bertz CT molecular complexity index is 836. The summed E-state index contributed by atoms with van der Waals surface area (Å²) in [5.41, 5.74) is 1.04. The van der Waals surface area contributed by atoms with Crippen molar-refractivity contribution in [3.8, 4) is 11.3 Å². The highest BCUT2D eigenvalue weighted by Crippen LogP contribution is 2.23. The molecule has 6 heteroatoms. The Balaban J connectivity index is 1.22. The Morgan fingerprint density at radius 2 is 1.79 bits per heavy atom. The zero-order chi connectivity index (χ0) is 20.2. The van der Waals surface area contributed by atoms with E-state index in [-0.39, 0.29) is 17.9 Å². The van der Waals surface area contributed by atoms with Crippen molar-refractivity contribution in [2.24, 2.45) is 0 Å². The molecule has 1 atom stereocenters. The summed E-state index contributed by atoms with van der Waals surface area (Å²) in [6.07, 6.45) is 3.25. The molecule has 6 nitrogen and oxygen atoms in total. The molecule has 29 heavy (non-hydrogen) atoms. The van der Waals surface area contributed by atoms with Gasteiger partial charge in [0, 0.05) is 50.6 Å². The number of carbonyl (C=O) groups is 2. The van der Waals surface area contributed by atoms with Gasteiger partial charge in [0.05, 0.1) is 6.04 Å². The number of benzene rings is 1. The molecule has 0 bridgehead atoms. The van der Waals surface area contributed by atoms with Crippen molar-refractivity contribution in [1.29, 1.82) is 0 Å². The second kappa shape index (κ2) is 8.82. The third-order valence-electron chi connectivity index (χ3n) is 5.82. The Morgan fingerprint density at radius 1 is 1.07 bits per heavy atom. The lowest BCUT2D eigenvalue weighted by Crippen LogP contribution is -2.55. The third-order valence-corrected chi connectivity index (χ3v) is 5.82. The maximum absolute atomic E-state index is 12.6. The number of amides is 2. The maximum atomic E-state index is 12.6. The molecular weight excluding hydrogens is 366 g/mol. The summed E-state index contributed by atoms with van der Waals surface area (Å²) in [7, 11) is 0. The molecular formula is C23H29N3O3. The third kappa shape index (κ3) is 5.07. The van der Waals surface area contributed by atoms with Gasteiger partial charge in [0.2, 0.25) is 11.8 Å². The van der Waals surface area contributed by atoms with Gasteiger partial charge in [-0.3, -0.25) is 14.5 Å². The highest BCUT2D eigenvalue weighted by molar-refractivity contribution is 5.82. The number of carbonyl (C=O) groups excluding carboxylic acids is 2. The van der Waals surface area contributed by atoms with E-state index in [1.165, 1.54) is 0 Å². The van der Waals surface area contributed by atoms with Gasteiger partial charge >= 0.3 is 0 Å². The summed E-state index contributed by atoms with van der Waals surface area (Å²) in [6, 6.07) is 14.1. The first kappa shape index (κ1) is 19.7. The van der Waals surface area contributed by atoms with Crippen LogP contribution < -0.4 is 5.32 Å². The van der Waals surface area contributed by atoms with E-state index in [0.717, 1.165) is 43.0 Å². The first-order valence-electron chi connectivity index (χ1n) is 10.6. The molecule has 4 rings (SSSR count). The molecule has 0 spiro atoms. The number of rotatable bonds is 7. The lowest BCUT2D eigenvalue weighted by molar-refractivity contribution is -0.134. The van der Waals surface area contributed by atoms with Gasteiger partial charge in [0.1, 0.15) is 11.5 Å². The topological polar surface area (TPSA) is 65.8 Å². The van der Waals surface area contributed by atoms with Crippen LogP contribution >= 0.6 is 0 Å². The molecule has 1 aliphatic heterocycles. The summed E-state index contributed by atoms with van der Waals surface area (Å²) < 4.78 is 5.90. The van der Waals surface area contributed by atoms with E-state index < -0.39 is 0 Å². The molecule has 1 saturated carbocycles. The number of nitrogens with zero attached hydrogens (tertiary/aromatic N) is 2. The van der Waals surface area contributed by atoms with Crippen LogP contribution in [0.2, 0.25) is 0 Å². The summed E-state index contributed by atoms with van der Waals surface area (Å²) in [6.45, 7) is 4.78. The van der Waals surface area contributed by atoms with E-state index in [1.807, 2.05) is 54.3 Å². The van der Waals surface area contributed by atoms with Gasteiger partial charge < -0.3 is 14.6 Å². The van der Waals surface area contributed by atoms with E-state index in [9.17, 15) is 9.59 Å². The van der Waals surface area contributed by atoms with E-state index in [4.69, 9.17) is 4.42 Å². The molecule has 1 N–H and O–H groups in total. The monoisotopic (exact) mass is 395 g/mol. The normalized spacial score (nSPS) is 18.4. The van der Waals surface area contributed by atoms with Crippen molar-refractivity contribution < 1.29 is 14.0 Å². The van der Waals surface area contributed by atoms with Crippen molar-refractivity contribution in [2.75, 3.05) is 26.2 Å². The van der Waals surface area contributed by atoms with Crippen LogP contribution in [-0.4, -0.2) is 59.9 Å². The van der Waals surface area contributed by atoms with Crippen molar-refractivity contribution in [1.82, 2.24) is 15.1 Å². The fourth-order valence-electron chi connectivity index (χ4n) is 3.73. The highest BCUT2D eigenvalue weighted by atomic mass is 16.3. The van der Waals surface area contributed by atoms with Crippen LogP contribution in [0.15, 0.2) is 46.9 Å². The predicted octanol–water partition coefficient (Wildman–Crippen LogP) is 2.69. The van der Waals surface area contributed by atoms with E-state index in [1.54, 1.807) is 0 Å². The number of hydrogen-bond acceptors (Lipinski definition) is 4. The average molecular weight is 396 g/mol. The second-order valence-corrected chi connectivity index (χ2v) is 8.01. The van der Waals surface area contributed by atoms with Crippen LogP contribution in [0, 0.1) is 0 Å². The highest BCUT2D eigenvalue weighted by Gasteiger charge is 2.30. The van der Waals surface area contributed by atoms with Gasteiger partial charge in [-0.25, -0.2) is 0 Å². The van der Waals surface area contributed by atoms with Gasteiger partial charge in [0.15, 0.2) is 0 Å². The first-order valence-corrected chi connectivity index (χ1v) is 10.6. The Labute approximate surface area is 171 Å². The lowest BCUT2D eigenvalue weighted by Gasteiger charge is -2.37. The minimum atomic E-state index is -0.132. The smallest absolute Gasteiger partial charge is 0.237 e. The van der Waals surface area contributed by atoms with E-state index in [0.29, 0.717) is 32.0 Å². The fourth-order valence-corrected chi connectivity index (χ4v) is 3.73. The summed E-state index contributed by atoms with van der Waals surface area (Å²) >= 11 is 0. The quantitative estimate of drug-likeness (QED) is 0.783. The lowest BCUT2D eigenvalue weighted by atomic mass is 10.2. The predicted molar refractivity (Wildman–Crippen MR) is 111 cm³/mol. The molecule has 2 aliphatic rings. The number of aryl methyl sites for hydroxylation is 1. The molecule has 1 unspecified atom stereocenters. The van der Waals surface area contributed by atoms with Crippen LogP contribution in [0.5, 0.6) is 0 Å². The van der Waals surface area contributed by atoms with E-state index >= 15 is 0 Å². The molecule has 1 saturated heterocycles. The van der Waals surface area contributed by atoms with Crippen molar-refractivity contribution >= 4 is 11.8 Å². The number of furan rings is 1. The van der Waals surface area contributed by atoms with Crippen LogP contribution in [-0.2, 0) is 16.0 Å². The molecule has 1 aliphatic carbocycles. The maximum Gasteiger partial charge on any atom is 0.237 e. The van der Waals surface area contributed by atoms with Gasteiger partial charge in [-0.2, -0.15) is 0 Å². The summed E-state index contributed by atoms with van der Waals surface area (Å²) in [4.78, 5) is 28.9. The van der Waals surface area contributed by atoms with Gasteiger partial charge in [-0.1, -0.05) is 30.3 Å². The Hall–Kier alpha value is -2.60. The number of piperazine rings is 1. The molecule has 2 heterocycles. The standard InChI is InChI=1S/C23H29N3O3/c1-17(23(28)24-19-7-8-19)25-13-15-26(16-14-25)22(27)12-10-20-9-11-21(29-20)18-5-3-2-4-6-18/h2-6,9,11,17,19H,7-8,10,12-16H2,1H3,(H,24,28). The van der Waals surface area contributed by atoms with Gasteiger partial charge in [-0.15, -0.1) is 0 Å². The summed E-state index contributed by atoms with van der Waals surface area (Å²) in [5.74, 6) is 1.93. The molecule has 0 radical (unpaired) electrons. The first-order chi connectivity index (χ1) is 14.1. The number of hydrogen-bond donors (Lipinski definition) is 1. The van der Waals surface area contributed by atoms with Crippen molar-refractivity contribution in [3.63, 3.8) is 0 Å². The molecule has 154 valence electrons. The molecule has 1 aromatic carbocycles. The fraction of sp³-hybridized carbons (Fsp3) is 0.478. The van der Waals surface area contributed by atoms with Crippen LogP contribution in [0.25, 0.3) is 11.3 Å². The largest absolute Gasteiger partial charge is 0.461 e. The zero-order valence-corrected chi connectivity index (χ0v) is 17.0. The van der Waals surface area contributed by atoms with Crippen LogP contribution in [0.1, 0.15) is 31.9 Å². The zero-order valence-electron chi connectivity index (χ0n) is 17.0. The van der Waals surface area contributed by atoms with Gasteiger partial charge in [-0.05, 0) is 31.9 Å². The van der Waals surface area contributed by atoms with E-state index in [2.05, 4.69) is 10.2 Å².